The fourth-order valence-electron chi connectivity index (χ4n) is 3.71. The topological polar surface area (TPSA) is 127 Å². The number of benzene rings is 2. The third-order valence-corrected chi connectivity index (χ3v) is 9.35. The second-order valence-electron chi connectivity index (χ2n) is 13.5. The van der Waals surface area contributed by atoms with Gasteiger partial charge in [0.05, 0.1) is 9.79 Å². The quantitative estimate of drug-likeness (QED) is 0.335. The van der Waals surface area contributed by atoms with Crippen LogP contribution in [0.2, 0.25) is 0 Å². The maximum atomic E-state index is 14.0. The Balaban J connectivity index is 2.71. The fraction of sp³-hybridized carbons (Fsp3) is 0.500. The van der Waals surface area contributed by atoms with Crippen LogP contribution in [0.5, 0.6) is 0 Å². The van der Waals surface area contributed by atoms with Crippen molar-refractivity contribution in [2.75, 3.05) is 6.54 Å². The zero-order valence-corrected chi connectivity index (χ0v) is 29.0. The molecule has 0 N–H and O–H groups in total. The minimum absolute atomic E-state index is 0.151. The van der Waals surface area contributed by atoms with Gasteiger partial charge in [-0.25, -0.2) is 26.4 Å². The SMILES string of the molecule is Cc1ccc(S(=O)(=O)N(CC#CC(N(C(=O)OC(C)(C)C)S(=O)(=O)c2ccc(C)cc2)C(C)(C)C)C(=O)OC(C)(C)C)cc1. The van der Waals surface area contributed by atoms with Crippen molar-refractivity contribution in [3.63, 3.8) is 0 Å². The highest BCUT2D eigenvalue weighted by atomic mass is 32.2. The minimum Gasteiger partial charge on any atom is -0.443 e. The van der Waals surface area contributed by atoms with Gasteiger partial charge in [0.1, 0.15) is 23.8 Å². The van der Waals surface area contributed by atoms with Gasteiger partial charge in [-0.3, -0.25) is 0 Å². The lowest BCUT2D eigenvalue weighted by atomic mass is 9.87. The summed E-state index contributed by atoms with van der Waals surface area (Å²) in [4.78, 5) is 26.4. The average Bonchev–Trinajstić information content (AvgIpc) is 2.83. The van der Waals surface area contributed by atoms with Crippen LogP contribution in [0.3, 0.4) is 0 Å². The number of sulfonamides is 2. The van der Waals surface area contributed by atoms with Crippen molar-refractivity contribution in [2.45, 2.75) is 103 Å². The van der Waals surface area contributed by atoms with E-state index in [0.717, 1.165) is 11.1 Å². The largest absolute Gasteiger partial charge is 0.443 e. The Morgan fingerprint density at radius 1 is 0.682 bits per heavy atom. The summed E-state index contributed by atoms with van der Waals surface area (Å²) < 4.78 is 67.1. The van der Waals surface area contributed by atoms with E-state index in [9.17, 15) is 26.4 Å². The molecule has 0 aliphatic carbocycles. The van der Waals surface area contributed by atoms with Crippen molar-refractivity contribution in [1.82, 2.24) is 8.61 Å². The molecule has 0 aliphatic rings. The van der Waals surface area contributed by atoms with Gasteiger partial charge in [-0.15, -0.1) is 0 Å². The Bertz CT molecular complexity index is 1620. The van der Waals surface area contributed by atoms with Gasteiger partial charge in [-0.2, -0.15) is 8.61 Å². The van der Waals surface area contributed by atoms with E-state index in [1.165, 1.54) is 24.3 Å². The molecule has 242 valence electrons. The van der Waals surface area contributed by atoms with Crippen molar-refractivity contribution in [3.05, 3.63) is 59.7 Å². The third kappa shape index (κ3) is 9.72. The monoisotopic (exact) mass is 648 g/mol. The second kappa shape index (κ2) is 13.2. The number of amides is 2. The van der Waals surface area contributed by atoms with E-state index in [1.54, 1.807) is 100 Å². The van der Waals surface area contributed by atoms with Crippen LogP contribution in [0.15, 0.2) is 58.3 Å². The second-order valence-corrected chi connectivity index (χ2v) is 17.2. The standard InChI is InChI=1S/C32H44N2O8S2/c1-23-14-18-25(19-15-23)43(37,38)33(28(35)41-31(6,7)8)22-12-13-27(30(3,4)5)34(29(36)42-32(9,10)11)44(39,40)26-20-16-24(2)17-21-26/h14-21,27H,22H2,1-11H3. The summed E-state index contributed by atoms with van der Waals surface area (Å²) in [5, 5.41) is 0. The highest BCUT2D eigenvalue weighted by Gasteiger charge is 2.43. The molecule has 1 unspecified atom stereocenters. The first-order chi connectivity index (χ1) is 19.9. The van der Waals surface area contributed by atoms with Gasteiger partial charge in [-0.05, 0) is 85.1 Å². The van der Waals surface area contributed by atoms with Crippen LogP contribution in [0.25, 0.3) is 0 Å². The summed E-state index contributed by atoms with van der Waals surface area (Å²) in [6.07, 6.45) is -2.31. The number of nitrogens with zero attached hydrogens (tertiary/aromatic N) is 2. The summed E-state index contributed by atoms with van der Waals surface area (Å²) in [5.41, 5.74) is -1.40. The number of ether oxygens (including phenoxy) is 2. The molecule has 0 bridgehead atoms. The fourth-order valence-corrected chi connectivity index (χ4v) is 6.50. The van der Waals surface area contributed by atoms with E-state index in [0.29, 0.717) is 8.61 Å². The number of hydrogen-bond acceptors (Lipinski definition) is 8. The first kappa shape index (κ1) is 36.6. The Kier molecular flexibility index (Phi) is 11.0. The van der Waals surface area contributed by atoms with Crippen molar-refractivity contribution < 1.29 is 35.9 Å². The zero-order chi connectivity index (χ0) is 33.9. The Hall–Kier alpha value is -3.56. The summed E-state index contributed by atoms with van der Waals surface area (Å²) in [6, 6.07) is 10.6. The summed E-state index contributed by atoms with van der Waals surface area (Å²) in [6.45, 7) is 17.6. The van der Waals surface area contributed by atoms with Crippen molar-refractivity contribution in [1.29, 1.82) is 0 Å². The van der Waals surface area contributed by atoms with Crippen molar-refractivity contribution >= 4 is 32.2 Å². The molecule has 44 heavy (non-hydrogen) atoms. The van der Waals surface area contributed by atoms with Crippen molar-refractivity contribution in [3.8, 4) is 11.8 Å². The molecule has 0 heterocycles. The summed E-state index contributed by atoms with van der Waals surface area (Å²) >= 11 is 0. The van der Waals surface area contributed by atoms with Gasteiger partial charge >= 0.3 is 12.2 Å². The Morgan fingerprint density at radius 2 is 1.07 bits per heavy atom. The minimum atomic E-state index is -4.51. The molecule has 2 amide bonds. The van der Waals surface area contributed by atoms with Crippen LogP contribution in [0.4, 0.5) is 9.59 Å². The lowest BCUT2D eigenvalue weighted by Crippen LogP contribution is -2.51. The molecule has 0 spiro atoms. The van der Waals surface area contributed by atoms with Crippen LogP contribution in [0.1, 0.15) is 73.4 Å². The van der Waals surface area contributed by atoms with Crippen LogP contribution in [0, 0.1) is 31.1 Å². The summed E-state index contributed by atoms with van der Waals surface area (Å²) in [7, 11) is -8.93. The van der Waals surface area contributed by atoms with Crippen LogP contribution < -0.4 is 0 Å². The average molecular weight is 649 g/mol. The number of carbonyl (C=O) groups excluding carboxylic acids is 2. The maximum absolute atomic E-state index is 14.0. The molecule has 2 rings (SSSR count). The van der Waals surface area contributed by atoms with Crippen LogP contribution in [-0.2, 0) is 29.5 Å². The lowest BCUT2D eigenvalue weighted by Gasteiger charge is -2.36. The normalized spacial score (nSPS) is 13.2. The van der Waals surface area contributed by atoms with Gasteiger partial charge in [0.25, 0.3) is 20.0 Å². The highest BCUT2D eigenvalue weighted by molar-refractivity contribution is 7.90. The molecule has 2 aromatic carbocycles. The molecule has 0 saturated carbocycles. The third-order valence-electron chi connectivity index (χ3n) is 5.87. The van der Waals surface area contributed by atoms with Crippen molar-refractivity contribution in [2.24, 2.45) is 5.41 Å². The molecular weight excluding hydrogens is 604 g/mol. The van der Waals surface area contributed by atoms with Gasteiger partial charge in [0, 0.05) is 0 Å². The van der Waals surface area contributed by atoms with Gasteiger partial charge < -0.3 is 9.47 Å². The van der Waals surface area contributed by atoms with E-state index in [1.807, 2.05) is 0 Å². The number of carbonyl (C=O) groups is 2. The number of aryl methyl sites for hydroxylation is 2. The highest BCUT2D eigenvalue weighted by Crippen LogP contribution is 2.31. The molecule has 12 heteroatoms. The smallest absolute Gasteiger partial charge is 0.425 e. The van der Waals surface area contributed by atoms with E-state index in [4.69, 9.17) is 9.47 Å². The molecule has 0 fully saturated rings. The molecular formula is C32H44N2O8S2. The predicted molar refractivity (Wildman–Crippen MR) is 169 cm³/mol. The molecule has 0 aliphatic heterocycles. The molecule has 0 aromatic heterocycles. The van der Waals surface area contributed by atoms with Crippen LogP contribution in [-0.4, -0.2) is 61.4 Å². The molecule has 0 saturated heterocycles. The van der Waals surface area contributed by atoms with Crippen LogP contribution >= 0.6 is 0 Å². The number of hydrogen-bond donors (Lipinski definition) is 0. The van der Waals surface area contributed by atoms with E-state index >= 15 is 0 Å². The first-order valence-electron chi connectivity index (χ1n) is 14.0. The molecule has 1 atom stereocenters. The maximum Gasteiger partial charge on any atom is 0.425 e. The van der Waals surface area contributed by atoms with Gasteiger partial charge in [0.15, 0.2) is 0 Å². The molecule has 0 radical (unpaired) electrons. The molecule has 2 aromatic rings. The zero-order valence-electron chi connectivity index (χ0n) is 27.4. The van der Waals surface area contributed by atoms with Gasteiger partial charge in [0.2, 0.25) is 0 Å². The lowest BCUT2D eigenvalue weighted by molar-refractivity contribution is 0.0302. The summed E-state index contributed by atoms with van der Waals surface area (Å²) in [5.74, 6) is 5.44. The van der Waals surface area contributed by atoms with Gasteiger partial charge in [-0.1, -0.05) is 68.0 Å². The van der Waals surface area contributed by atoms with E-state index in [-0.39, 0.29) is 9.79 Å². The number of rotatable bonds is 6. The van der Waals surface area contributed by atoms with E-state index < -0.39 is 61.4 Å². The van der Waals surface area contributed by atoms with E-state index in [2.05, 4.69) is 11.8 Å². The molecule has 10 nitrogen and oxygen atoms in total. The Morgan fingerprint density at radius 3 is 1.45 bits per heavy atom. The Labute approximate surface area is 262 Å². The predicted octanol–water partition coefficient (Wildman–Crippen LogP) is 6.27. The first-order valence-corrected chi connectivity index (χ1v) is 16.9.